The number of aliphatic hydroxyl groups is 1. The van der Waals surface area contributed by atoms with Crippen LogP contribution in [0.2, 0.25) is 0 Å². The number of pyridine rings is 1. The lowest BCUT2D eigenvalue weighted by Crippen LogP contribution is -2.31. The van der Waals surface area contributed by atoms with Gasteiger partial charge in [-0.15, -0.1) is 0 Å². The number of rotatable bonds is 4. The largest absolute Gasteiger partial charge is 0.392 e. The van der Waals surface area contributed by atoms with E-state index in [9.17, 15) is 14.7 Å². The normalized spacial score (nSPS) is 10.8. The van der Waals surface area contributed by atoms with Crippen LogP contribution in [0, 0.1) is 6.92 Å². The highest BCUT2D eigenvalue weighted by atomic mass is 16.3. The summed E-state index contributed by atoms with van der Waals surface area (Å²) in [6.45, 7) is 1.99. The second-order valence-corrected chi connectivity index (χ2v) is 5.52. The van der Waals surface area contributed by atoms with Gasteiger partial charge in [-0.1, -0.05) is 30.3 Å². The van der Waals surface area contributed by atoms with Crippen molar-refractivity contribution in [1.82, 2.24) is 14.7 Å². The second kappa shape index (κ2) is 6.64. The third-order valence-corrected chi connectivity index (χ3v) is 3.82. The number of hydrogen-bond acceptors (Lipinski definition) is 4. The van der Waals surface area contributed by atoms with Gasteiger partial charge in [0.1, 0.15) is 11.2 Å². The molecule has 6 nitrogen and oxygen atoms in total. The zero-order valence-electron chi connectivity index (χ0n) is 13.2. The monoisotopic (exact) mass is 323 g/mol. The van der Waals surface area contributed by atoms with Crippen molar-refractivity contribution in [1.29, 1.82) is 0 Å². The highest BCUT2D eigenvalue weighted by molar-refractivity contribution is 5.93. The molecule has 3 rings (SSSR count). The molecule has 0 saturated heterocycles. The number of nitrogens with zero attached hydrogens (tertiary/aromatic N) is 2. The maximum Gasteiger partial charge on any atom is 0.270 e. The molecule has 0 saturated carbocycles. The van der Waals surface area contributed by atoms with E-state index in [4.69, 9.17) is 0 Å². The zero-order chi connectivity index (χ0) is 17.1. The van der Waals surface area contributed by atoms with Crippen molar-refractivity contribution >= 4 is 11.6 Å². The summed E-state index contributed by atoms with van der Waals surface area (Å²) in [5.74, 6) is -0.490. The van der Waals surface area contributed by atoms with Crippen molar-refractivity contribution in [2.75, 3.05) is 0 Å². The number of aromatic nitrogens is 2. The summed E-state index contributed by atoms with van der Waals surface area (Å²) in [6.07, 6.45) is 2.95. The van der Waals surface area contributed by atoms with Gasteiger partial charge in [0.25, 0.3) is 11.5 Å². The van der Waals surface area contributed by atoms with Crippen LogP contribution in [0.15, 0.2) is 53.6 Å². The van der Waals surface area contributed by atoms with Crippen molar-refractivity contribution < 1.29 is 9.90 Å². The smallest absolute Gasteiger partial charge is 0.270 e. The van der Waals surface area contributed by atoms with Crippen LogP contribution in [0.3, 0.4) is 0 Å². The predicted molar refractivity (Wildman–Crippen MR) is 89.7 cm³/mol. The summed E-state index contributed by atoms with van der Waals surface area (Å²) in [6, 6.07) is 10.8. The van der Waals surface area contributed by atoms with Gasteiger partial charge in [0.05, 0.1) is 6.61 Å². The Hall–Kier alpha value is -2.99. The lowest BCUT2D eigenvalue weighted by atomic mass is 10.1. The molecule has 1 aromatic carbocycles. The van der Waals surface area contributed by atoms with Gasteiger partial charge >= 0.3 is 0 Å². The molecule has 2 N–H and O–H groups in total. The summed E-state index contributed by atoms with van der Waals surface area (Å²) in [7, 11) is 0. The molecule has 0 aliphatic heterocycles. The molecule has 24 heavy (non-hydrogen) atoms. The molecule has 0 atom stereocenters. The Morgan fingerprint density at radius 2 is 1.96 bits per heavy atom. The molecular weight excluding hydrogens is 306 g/mol. The molecular formula is C18H17N3O3. The fraction of sp³-hybridized carbons (Fsp3) is 0.167. The van der Waals surface area contributed by atoms with Gasteiger partial charge < -0.3 is 10.4 Å². The Morgan fingerprint density at radius 1 is 1.21 bits per heavy atom. The first-order valence-corrected chi connectivity index (χ1v) is 7.54. The van der Waals surface area contributed by atoms with Crippen molar-refractivity contribution in [3.63, 3.8) is 0 Å². The van der Waals surface area contributed by atoms with E-state index in [0.29, 0.717) is 5.65 Å². The minimum absolute atomic E-state index is 0.0143. The average Bonchev–Trinajstić information content (AvgIpc) is 2.60. The number of benzene rings is 1. The number of amides is 1. The molecule has 3 aromatic rings. The summed E-state index contributed by atoms with van der Waals surface area (Å²) in [5, 5.41) is 12.0. The van der Waals surface area contributed by atoms with Gasteiger partial charge in [-0.25, -0.2) is 4.98 Å². The first kappa shape index (κ1) is 15.9. The molecule has 0 spiro atoms. The fourth-order valence-corrected chi connectivity index (χ4v) is 2.49. The molecule has 6 heteroatoms. The van der Waals surface area contributed by atoms with Crippen LogP contribution in [0.25, 0.3) is 5.65 Å². The molecule has 0 aliphatic rings. The summed E-state index contributed by atoms with van der Waals surface area (Å²) >= 11 is 0. The molecule has 122 valence electrons. The predicted octanol–water partition coefficient (Wildman–Crippen LogP) is 1.43. The molecule has 0 aliphatic carbocycles. The Labute approximate surface area is 138 Å². The molecule has 0 unspecified atom stereocenters. The van der Waals surface area contributed by atoms with E-state index in [0.717, 1.165) is 16.7 Å². The van der Waals surface area contributed by atoms with E-state index in [-0.39, 0.29) is 18.7 Å². The van der Waals surface area contributed by atoms with Gasteiger partial charge in [-0.3, -0.25) is 14.0 Å². The van der Waals surface area contributed by atoms with Crippen molar-refractivity contribution in [3.05, 3.63) is 81.4 Å². The fourth-order valence-electron chi connectivity index (χ4n) is 2.49. The number of carbonyl (C=O) groups is 1. The number of hydrogen-bond donors (Lipinski definition) is 2. The minimum atomic E-state index is -0.490. The number of nitrogens with one attached hydrogen (secondary N) is 1. The van der Waals surface area contributed by atoms with E-state index < -0.39 is 11.5 Å². The lowest BCUT2D eigenvalue weighted by molar-refractivity contribution is 0.0948. The molecule has 0 radical (unpaired) electrons. The maximum atomic E-state index is 12.5. The number of fused-ring (bicyclic) bond motifs is 1. The van der Waals surface area contributed by atoms with Crippen LogP contribution in [0.5, 0.6) is 0 Å². The van der Waals surface area contributed by atoms with Gasteiger partial charge in [0.15, 0.2) is 0 Å². The first-order valence-electron chi connectivity index (χ1n) is 7.54. The highest BCUT2D eigenvalue weighted by Gasteiger charge is 2.13. The standard InChI is InChI=1S/C18H17N3O3/c1-12-6-7-16-19-9-15(18(24)21(16)10-12)17(23)20-8-13-4-2-3-5-14(13)11-22/h2-7,9-10,22H,8,11H2,1H3,(H,20,23). The van der Waals surface area contributed by atoms with E-state index in [1.165, 1.54) is 10.6 Å². The molecule has 0 bridgehead atoms. The SMILES string of the molecule is Cc1ccc2ncc(C(=O)NCc3ccccc3CO)c(=O)n2c1. The maximum absolute atomic E-state index is 12.5. The van der Waals surface area contributed by atoms with E-state index >= 15 is 0 Å². The Morgan fingerprint density at radius 3 is 2.71 bits per heavy atom. The van der Waals surface area contributed by atoms with Gasteiger partial charge in [0, 0.05) is 18.9 Å². The van der Waals surface area contributed by atoms with Gasteiger partial charge in [0.2, 0.25) is 0 Å². The molecule has 1 amide bonds. The average molecular weight is 323 g/mol. The van der Waals surface area contributed by atoms with Crippen LogP contribution in [-0.2, 0) is 13.2 Å². The third-order valence-electron chi connectivity index (χ3n) is 3.82. The summed E-state index contributed by atoms with van der Waals surface area (Å²) in [5.41, 5.74) is 2.52. The Balaban J connectivity index is 1.86. The number of carbonyl (C=O) groups excluding carboxylic acids is 1. The van der Waals surface area contributed by atoms with Gasteiger partial charge in [-0.2, -0.15) is 0 Å². The number of aliphatic hydroxyl groups excluding tert-OH is 1. The third kappa shape index (κ3) is 3.04. The zero-order valence-corrected chi connectivity index (χ0v) is 13.2. The second-order valence-electron chi connectivity index (χ2n) is 5.52. The number of aryl methyl sites for hydroxylation is 1. The van der Waals surface area contributed by atoms with Gasteiger partial charge in [-0.05, 0) is 29.7 Å². The molecule has 2 aromatic heterocycles. The molecule has 2 heterocycles. The highest BCUT2D eigenvalue weighted by Crippen LogP contribution is 2.08. The van der Waals surface area contributed by atoms with Crippen molar-refractivity contribution in [2.45, 2.75) is 20.1 Å². The minimum Gasteiger partial charge on any atom is -0.392 e. The van der Waals surface area contributed by atoms with E-state index in [1.54, 1.807) is 18.3 Å². The van der Waals surface area contributed by atoms with Crippen molar-refractivity contribution in [3.8, 4) is 0 Å². The quantitative estimate of drug-likeness (QED) is 0.761. The lowest BCUT2D eigenvalue weighted by Gasteiger charge is -2.09. The molecule has 0 fully saturated rings. The van der Waals surface area contributed by atoms with E-state index in [2.05, 4.69) is 10.3 Å². The Kier molecular flexibility index (Phi) is 4.39. The summed E-state index contributed by atoms with van der Waals surface area (Å²) in [4.78, 5) is 29.0. The van der Waals surface area contributed by atoms with E-state index in [1.807, 2.05) is 31.2 Å². The summed E-state index contributed by atoms with van der Waals surface area (Å²) < 4.78 is 1.37. The van der Waals surface area contributed by atoms with Crippen LogP contribution >= 0.6 is 0 Å². The Bertz CT molecular complexity index is 963. The van der Waals surface area contributed by atoms with Crippen LogP contribution in [0.4, 0.5) is 0 Å². The first-order chi connectivity index (χ1) is 11.6. The van der Waals surface area contributed by atoms with Crippen LogP contribution < -0.4 is 10.9 Å². The topological polar surface area (TPSA) is 83.7 Å². The van der Waals surface area contributed by atoms with Crippen LogP contribution in [0.1, 0.15) is 27.0 Å². The van der Waals surface area contributed by atoms with Crippen molar-refractivity contribution in [2.24, 2.45) is 0 Å². The van der Waals surface area contributed by atoms with Crippen LogP contribution in [-0.4, -0.2) is 20.4 Å².